The van der Waals surface area contributed by atoms with E-state index >= 15 is 0 Å². The first-order chi connectivity index (χ1) is 10.0. The van der Waals surface area contributed by atoms with Crippen molar-refractivity contribution in [2.75, 3.05) is 7.05 Å². The fourth-order valence-electron chi connectivity index (χ4n) is 2.21. The summed E-state index contributed by atoms with van der Waals surface area (Å²) in [4.78, 5) is 2.27. The fourth-order valence-corrected chi connectivity index (χ4v) is 2.33. The molecule has 114 valence electrons. The van der Waals surface area contributed by atoms with Gasteiger partial charge in [-0.15, -0.1) is 0 Å². The van der Waals surface area contributed by atoms with E-state index in [0.29, 0.717) is 6.04 Å². The van der Waals surface area contributed by atoms with Crippen molar-refractivity contribution < 1.29 is 4.42 Å². The van der Waals surface area contributed by atoms with Crippen molar-refractivity contribution in [3.05, 3.63) is 58.5 Å². The monoisotopic (exact) mass is 306 g/mol. The minimum Gasteiger partial charge on any atom is -0.468 e. The van der Waals surface area contributed by atoms with Crippen LogP contribution in [-0.2, 0) is 19.6 Å². The van der Waals surface area contributed by atoms with Gasteiger partial charge in [-0.25, -0.2) is 0 Å². The Morgan fingerprint density at radius 1 is 1.14 bits per heavy atom. The SMILES string of the molecule is CC(C)NCc1occc1CN(C)Cc1ccc(Cl)cc1. The highest BCUT2D eigenvalue weighted by molar-refractivity contribution is 6.30. The van der Waals surface area contributed by atoms with E-state index in [1.807, 2.05) is 12.1 Å². The number of halogens is 1. The smallest absolute Gasteiger partial charge is 0.122 e. The van der Waals surface area contributed by atoms with Crippen molar-refractivity contribution in [2.45, 2.75) is 39.5 Å². The molecule has 4 heteroatoms. The zero-order valence-corrected chi connectivity index (χ0v) is 13.7. The van der Waals surface area contributed by atoms with Crippen molar-refractivity contribution in [1.29, 1.82) is 0 Å². The Labute approximate surface area is 131 Å². The molecule has 0 amide bonds. The van der Waals surface area contributed by atoms with Crippen molar-refractivity contribution in [3.63, 3.8) is 0 Å². The van der Waals surface area contributed by atoms with Crippen molar-refractivity contribution in [3.8, 4) is 0 Å². The standard InChI is InChI=1S/C17H23ClN2O/c1-13(2)19-10-17-15(8-9-21-17)12-20(3)11-14-4-6-16(18)7-5-14/h4-9,13,19H,10-12H2,1-3H3. The first kappa shape index (κ1) is 16.1. The molecule has 0 spiro atoms. The molecule has 0 saturated heterocycles. The molecule has 0 bridgehead atoms. The number of furan rings is 1. The maximum atomic E-state index is 5.91. The Bertz CT molecular complexity index is 548. The van der Waals surface area contributed by atoms with Gasteiger partial charge in [-0.05, 0) is 30.8 Å². The molecule has 0 unspecified atom stereocenters. The Morgan fingerprint density at radius 3 is 2.52 bits per heavy atom. The Hall–Kier alpha value is -1.29. The summed E-state index contributed by atoms with van der Waals surface area (Å²) in [5, 5.41) is 4.17. The third kappa shape index (κ3) is 5.20. The van der Waals surface area contributed by atoms with Gasteiger partial charge in [-0.3, -0.25) is 4.90 Å². The predicted molar refractivity (Wildman–Crippen MR) is 87.3 cm³/mol. The number of hydrogen-bond acceptors (Lipinski definition) is 3. The average Bonchev–Trinajstić information content (AvgIpc) is 2.86. The highest BCUT2D eigenvalue weighted by atomic mass is 35.5. The lowest BCUT2D eigenvalue weighted by Crippen LogP contribution is -2.23. The number of hydrogen-bond donors (Lipinski definition) is 1. The molecule has 1 heterocycles. The van der Waals surface area contributed by atoms with Crippen LogP contribution >= 0.6 is 11.6 Å². The summed E-state index contributed by atoms with van der Waals surface area (Å²) >= 11 is 5.91. The lowest BCUT2D eigenvalue weighted by molar-refractivity contribution is 0.314. The maximum Gasteiger partial charge on any atom is 0.122 e. The van der Waals surface area contributed by atoms with Gasteiger partial charge in [0.1, 0.15) is 5.76 Å². The van der Waals surface area contributed by atoms with Crippen LogP contribution in [0.4, 0.5) is 0 Å². The van der Waals surface area contributed by atoms with Crippen LogP contribution in [0.15, 0.2) is 41.0 Å². The van der Waals surface area contributed by atoms with E-state index < -0.39 is 0 Å². The molecule has 0 aliphatic heterocycles. The van der Waals surface area contributed by atoms with Crippen LogP contribution in [0.2, 0.25) is 5.02 Å². The molecule has 2 rings (SSSR count). The molecular weight excluding hydrogens is 284 g/mol. The summed E-state index contributed by atoms with van der Waals surface area (Å²) in [5.74, 6) is 1.02. The first-order valence-corrected chi connectivity index (χ1v) is 7.64. The van der Waals surface area contributed by atoms with Gasteiger partial charge in [0.15, 0.2) is 0 Å². The maximum absolute atomic E-state index is 5.91. The number of rotatable bonds is 7. The van der Waals surface area contributed by atoms with E-state index in [4.69, 9.17) is 16.0 Å². The van der Waals surface area contributed by atoms with Crippen molar-refractivity contribution >= 4 is 11.6 Å². The second-order valence-corrected chi connectivity index (χ2v) is 6.14. The third-order valence-electron chi connectivity index (χ3n) is 3.31. The number of nitrogens with one attached hydrogen (secondary N) is 1. The van der Waals surface area contributed by atoms with Crippen LogP contribution in [0.1, 0.15) is 30.7 Å². The van der Waals surface area contributed by atoms with Crippen molar-refractivity contribution in [1.82, 2.24) is 10.2 Å². The minimum atomic E-state index is 0.453. The molecule has 21 heavy (non-hydrogen) atoms. The molecule has 0 fully saturated rings. The number of benzene rings is 1. The third-order valence-corrected chi connectivity index (χ3v) is 3.57. The van der Waals surface area contributed by atoms with Gasteiger partial charge < -0.3 is 9.73 Å². The summed E-state index contributed by atoms with van der Waals surface area (Å²) in [5.41, 5.74) is 2.49. The van der Waals surface area contributed by atoms with E-state index in [1.54, 1.807) is 6.26 Å². The second-order valence-electron chi connectivity index (χ2n) is 5.70. The molecule has 0 radical (unpaired) electrons. The zero-order chi connectivity index (χ0) is 15.2. The van der Waals surface area contributed by atoms with E-state index in [9.17, 15) is 0 Å². The van der Waals surface area contributed by atoms with Crippen LogP contribution < -0.4 is 5.32 Å². The molecule has 2 aromatic rings. The van der Waals surface area contributed by atoms with Gasteiger partial charge >= 0.3 is 0 Å². The lowest BCUT2D eigenvalue weighted by Gasteiger charge is -2.17. The average molecular weight is 307 g/mol. The van der Waals surface area contributed by atoms with E-state index in [0.717, 1.165) is 30.4 Å². The van der Waals surface area contributed by atoms with E-state index in [1.165, 1.54) is 11.1 Å². The fraction of sp³-hybridized carbons (Fsp3) is 0.412. The second kappa shape index (κ2) is 7.64. The summed E-state index contributed by atoms with van der Waals surface area (Å²) in [6.45, 7) is 6.80. The zero-order valence-electron chi connectivity index (χ0n) is 12.9. The molecule has 0 saturated carbocycles. The summed E-state index contributed by atoms with van der Waals surface area (Å²) in [6, 6.07) is 10.5. The molecule has 1 aromatic carbocycles. The van der Waals surface area contributed by atoms with Gasteiger partial charge in [0.25, 0.3) is 0 Å². The van der Waals surface area contributed by atoms with E-state index in [-0.39, 0.29) is 0 Å². The summed E-state index contributed by atoms with van der Waals surface area (Å²) in [7, 11) is 2.11. The van der Waals surface area contributed by atoms with Gasteiger partial charge in [0, 0.05) is 29.7 Å². The largest absolute Gasteiger partial charge is 0.468 e. The van der Waals surface area contributed by atoms with Crippen LogP contribution in [0.25, 0.3) is 0 Å². The molecular formula is C17H23ClN2O. The van der Waals surface area contributed by atoms with Crippen LogP contribution in [0.5, 0.6) is 0 Å². The van der Waals surface area contributed by atoms with Crippen molar-refractivity contribution in [2.24, 2.45) is 0 Å². The summed E-state index contributed by atoms with van der Waals surface area (Å²) in [6.07, 6.45) is 1.77. The molecule has 1 N–H and O–H groups in total. The van der Waals surface area contributed by atoms with Crippen LogP contribution in [-0.4, -0.2) is 18.0 Å². The predicted octanol–water partition coefficient (Wildman–Crippen LogP) is 4.06. The highest BCUT2D eigenvalue weighted by Gasteiger charge is 2.10. The Balaban J connectivity index is 1.91. The molecule has 0 aliphatic carbocycles. The normalized spacial score (nSPS) is 11.5. The van der Waals surface area contributed by atoms with E-state index in [2.05, 4.69) is 49.3 Å². The molecule has 1 aromatic heterocycles. The highest BCUT2D eigenvalue weighted by Crippen LogP contribution is 2.15. The summed E-state index contributed by atoms with van der Waals surface area (Å²) < 4.78 is 5.58. The van der Waals surface area contributed by atoms with Gasteiger partial charge in [-0.1, -0.05) is 37.6 Å². The number of nitrogens with zero attached hydrogens (tertiary/aromatic N) is 1. The van der Waals surface area contributed by atoms with Crippen LogP contribution in [0, 0.1) is 0 Å². The topological polar surface area (TPSA) is 28.4 Å². The first-order valence-electron chi connectivity index (χ1n) is 7.26. The van der Waals surface area contributed by atoms with Gasteiger partial charge in [0.2, 0.25) is 0 Å². The van der Waals surface area contributed by atoms with Gasteiger partial charge in [0.05, 0.1) is 12.8 Å². The molecule has 0 atom stereocenters. The molecule has 3 nitrogen and oxygen atoms in total. The Kier molecular flexibility index (Phi) is 5.85. The molecule has 0 aliphatic rings. The quantitative estimate of drug-likeness (QED) is 0.836. The Morgan fingerprint density at radius 2 is 1.86 bits per heavy atom. The lowest BCUT2D eigenvalue weighted by atomic mass is 10.2. The van der Waals surface area contributed by atoms with Crippen LogP contribution in [0.3, 0.4) is 0 Å². The minimum absolute atomic E-state index is 0.453. The van der Waals surface area contributed by atoms with Gasteiger partial charge in [-0.2, -0.15) is 0 Å².